The number of unbranched alkanes of at least 4 members (excludes halogenated alkanes) is 1. The van der Waals surface area contributed by atoms with Gasteiger partial charge in [0.25, 0.3) is 5.91 Å². The first-order chi connectivity index (χ1) is 13.2. The zero-order valence-electron chi connectivity index (χ0n) is 15.1. The minimum absolute atomic E-state index is 0.0853. The number of benzene rings is 1. The highest BCUT2D eigenvalue weighted by molar-refractivity contribution is 6.05. The van der Waals surface area contributed by atoms with E-state index in [9.17, 15) is 9.59 Å². The average molecular weight is 363 g/mol. The molecule has 4 heterocycles. The number of furan rings is 1. The number of para-hydroxylation sites is 1. The van der Waals surface area contributed by atoms with Crippen LogP contribution in [-0.4, -0.2) is 39.3 Å². The Bertz CT molecular complexity index is 1020. The van der Waals surface area contributed by atoms with Crippen molar-refractivity contribution in [2.75, 3.05) is 6.54 Å². The van der Waals surface area contributed by atoms with Crippen LogP contribution in [0.4, 0.5) is 4.79 Å². The molecule has 2 aromatic heterocycles. The van der Waals surface area contributed by atoms with E-state index in [-0.39, 0.29) is 18.0 Å². The molecule has 3 aromatic rings. The summed E-state index contributed by atoms with van der Waals surface area (Å²) in [5, 5.41) is 1.12. The number of carbonyl (C=O) groups is 2. The lowest BCUT2D eigenvalue weighted by Crippen LogP contribution is -2.44. The van der Waals surface area contributed by atoms with Gasteiger partial charge in [0.2, 0.25) is 0 Å². The van der Waals surface area contributed by atoms with Gasteiger partial charge in [-0.15, -0.1) is 0 Å². The van der Waals surface area contributed by atoms with Gasteiger partial charge in [-0.1, -0.05) is 31.5 Å². The monoisotopic (exact) mass is 363 g/mol. The Labute approximate surface area is 156 Å². The van der Waals surface area contributed by atoms with E-state index in [2.05, 4.69) is 18.0 Å². The lowest BCUT2D eigenvalue weighted by molar-refractivity contribution is -0.128. The normalized spacial score (nSPS) is 21.8. The minimum atomic E-state index is -0.457. The quantitative estimate of drug-likeness (QED) is 0.716. The van der Waals surface area contributed by atoms with E-state index in [0.29, 0.717) is 13.0 Å². The summed E-state index contributed by atoms with van der Waals surface area (Å²) >= 11 is 0. The Balaban J connectivity index is 1.67. The van der Waals surface area contributed by atoms with Crippen LogP contribution >= 0.6 is 0 Å². The molecule has 5 rings (SSSR count). The number of aromatic nitrogens is 1. The van der Waals surface area contributed by atoms with Crippen LogP contribution in [0.5, 0.6) is 0 Å². The van der Waals surface area contributed by atoms with Crippen molar-refractivity contribution >= 4 is 22.8 Å². The number of carbonyl (C=O) groups excluding carboxylic acids is 2. The van der Waals surface area contributed by atoms with Gasteiger partial charge < -0.3 is 9.40 Å². The molecule has 1 N–H and O–H groups in total. The molecular weight excluding hydrogens is 342 g/mol. The molecule has 0 aliphatic carbocycles. The molecule has 1 saturated heterocycles. The summed E-state index contributed by atoms with van der Waals surface area (Å²) in [7, 11) is 0. The van der Waals surface area contributed by atoms with Crippen molar-refractivity contribution in [3.63, 3.8) is 0 Å². The Morgan fingerprint density at radius 2 is 2.07 bits per heavy atom. The lowest BCUT2D eigenvalue weighted by atomic mass is 9.90. The molecule has 0 bridgehead atoms. The summed E-state index contributed by atoms with van der Waals surface area (Å²) in [4.78, 5) is 32.9. The molecular formula is C21H21N3O3. The molecule has 0 spiro atoms. The van der Waals surface area contributed by atoms with Gasteiger partial charge in [0.05, 0.1) is 12.5 Å². The van der Waals surface area contributed by atoms with Crippen LogP contribution in [0.25, 0.3) is 10.9 Å². The summed E-state index contributed by atoms with van der Waals surface area (Å²) < 4.78 is 5.31. The number of H-pyrrole nitrogens is 1. The average Bonchev–Trinajstić information content (AvgIpc) is 3.38. The van der Waals surface area contributed by atoms with Gasteiger partial charge in [0, 0.05) is 35.1 Å². The van der Waals surface area contributed by atoms with Gasteiger partial charge in [-0.3, -0.25) is 14.6 Å². The smallest absolute Gasteiger partial charge is 0.328 e. The van der Waals surface area contributed by atoms with E-state index in [0.717, 1.165) is 40.6 Å². The first kappa shape index (κ1) is 16.2. The number of amides is 3. The van der Waals surface area contributed by atoms with Crippen LogP contribution in [0.1, 0.15) is 42.6 Å². The Hall–Kier alpha value is -3.02. The van der Waals surface area contributed by atoms with Crippen molar-refractivity contribution in [2.45, 2.75) is 38.3 Å². The molecule has 27 heavy (non-hydrogen) atoms. The third-order valence-corrected chi connectivity index (χ3v) is 5.73. The zero-order chi connectivity index (χ0) is 18.5. The maximum atomic E-state index is 13.2. The highest BCUT2D eigenvalue weighted by Crippen LogP contribution is 2.44. The zero-order valence-corrected chi connectivity index (χ0v) is 15.1. The number of hydrogen-bond donors (Lipinski definition) is 1. The Morgan fingerprint density at radius 1 is 1.22 bits per heavy atom. The van der Waals surface area contributed by atoms with E-state index in [1.807, 2.05) is 24.3 Å². The first-order valence-corrected chi connectivity index (χ1v) is 9.46. The van der Waals surface area contributed by atoms with Gasteiger partial charge in [-0.2, -0.15) is 0 Å². The predicted molar refractivity (Wildman–Crippen MR) is 100 cm³/mol. The first-order valence-electron chi connectivity index (χ1n) is 9.46. The van der Waals surface area contributed by atoms with Gasteiger partial charge in [0.15, 0.2) is 0 Å². The number of nitrogens with zero attached hydrogens (tertiary/aromatic N) is 2. The molecule has 0 saturated carbocycles. The second kappa shape index (κ2) is 6.01. The van der Waals surface area contributed by atoms with Crippen LogP contribution in [0.3, 0.4) is 0 Å². The summed E-state index contributed by atoms with van der Waals surface area (Å²) in [5.41, 5.74) is 4.01. The standard InChI is InChI=1S/C21H21N3O3/c1-2-3-9-23-20(25)17-11-15-14-6-4-5-7-16(14)22-18(15)19(24(17)21(23)26)13-8-10-27-12-13/h4-8,10,12,17,19,22H,2-3,9,11H2,1H3/t17-,19+/m1/s1. The fourth-order valence-electron chi connectivity index (χ4n) is 4.43. The van der Waals surface area contributed by atoms with Gasteiger partial charge in [0.1, 0.15) is 12.1 Å². The number of imide groups is 1. The molecule has 1 fully saturated rings. The van der Waals surface area contributed by atoms with Crippen molar-refractivity contribution < 1.29 is 14.0 Å². The van der Waals surface area contributed by atoms with Crippen LogP contribution in [0, 0.1) is 0 Å². The molecule has 6 nitrogen and oxygen atoms in total. The third-order valence-electron chi connectivity index (χ3n) is 5.73. The summed E-state index contributed by atoms with van der Waals surface area (Å²) in [5.74, 6) is -0.0853. The number of nitrogens with one attached hydrogen (secondary N) is 1. The molecule has 138 valence electrons. The van der Waals surface area contributed by atoms with Gasteiger partial charge >= 0.3 is 6.03 Å². The maximum absolute atomic E-state index is 13.2. The van der Waals surface area contributed by atoms with Crippen molar-refractivity contribution in [3.05, 3.63) is 59.7 Å². The summed E-state index contributed by atoms with van der Waals surface area (Å²) in [6.07, 6.45) is 5.58. The predicted octanol–water partition coefficient (Wildman–Crippen LogP) is 3.84. The number of aromatic amines is 1. The Morgan fingerprint density at radius 3 is 2.85 bits per heavy atom. The summed E-state index contributed by atoms with van der Waals surface area (Å²) in [6.45, 7) is 2.54. The van der Waals surface area contributed by atoms with E-state index >= 15 is 0 Å². The van der Waals surface area contributed by atoms with E-state index in [1.165, 1.54) is 4.90 Å². The van der Waals surface area contributed by atoms with Crippen LogP contribution in [-0.2, 0) is 11.2 Å². The SMILES string of the molecule is CCCCN1C(=O)[C@H]2Cc3c([nH]c4ccccc34)[C@H](c3ccoc3)N2C1=O. The van der Waals surface area contributed by atoms with Crippen molar-refractivity contribution in [3.8, 4) is 0 Å². The number of fused-ring (bicyclic) bond motifs is 4. The highest BCUT2D eigenvalue weighted by Gasteiger charge is 2.52. The van der Waals surface area contributed by atoms with Crippen LogP contribution < -0.4 is 0 Å². The molecule has 2 atom stereocenters. The minimum Gasteiger partial charge on any atom is -0.472 e. The molecule has 1 aromatic carbocycles. The Kier molecular flexibility index (Phi) is 3.60. The molecule has 0 radical (unpaired) electrons. The second-order valence-corrected chi connectivity index (χ2v) is 7.28. The molecule has 6 heteroatoms. The number of urea groups is 1. The van der Waals surface area contributed by atoms with E-state index in [1.54, 1.807) is 17.4 Å². The third kappa shape index (κ3) is 2.25. The molecule has 2 aliphatic rings. The number of rotatable bonds is 4. The topological polar surface area (TPSA) is 69.6 Å². The van der Waals surface area contributed by atoms with Gasteiger partial charge in [-0.05, 0) is 24.1 Å². The maximum Gasteiger partial charge on any atom is 0.328 e. The van der Waals surface area contributed by atoms with E-state index in [4.69, 9.17) is 4.42 Å². The number of hydrogen-bond acceptors (Lipinski definition) is 3. The second-order valence-electron chi connectivity index (χ2n) is 7.28. The van der Waals surface area contributed by atoms with Crippen molar-refractivity contribution in [1.29, 1.82) is 0 Å². The molecule has 0 unspecified atom stereocenters. The van der Waals surface area contributed by atoms with Crippen molar-refractivity contribution in [1.82, 2.24) is 14.8 Å². The molecule has 3 amide bonds. The fraction of sp³-hybridized carbons (Fsp3) is 0.333. The highest BCUT2D eigenvalue weighted by atomic mass is 16.3. The van der Waals surface area contributed by atoms with Gasteiger partial charge in [-0.25, -0.2) is 4.79 Å². The van der Waals surface area contributed by atoms with Crippen LogP contribution in [0.15, 0.2) is 47.3 Å². The molecule has 2 aliphatic heterocycles. The van der Waals surface area contributed by atoms with Crippen LogP contribution in [0.2, 0.25) is 0 Å². The fourth-order valence-corrected chi connectivity index (χ4v) is 4.43. The largest absolute Gasteiger partial charge is 0.472 e. The van der Waals surface area contributed by atoms with E-state index < -0.39 is 6.04 Å². The summed E-state index contributed by atoms with van der Waals surface area (Å²) in [6, 6.07) is 8.97. The van der Waals surface area contributed by atoms with Crippen molar-refractivity contribution in [2.24, 2.45) is 0 Å². The lowest BCUT2D eigenvalue weighted by Gasteiger charge is -2.35.